The molecule has 1 amide bonds. The van der Waals surface area contributed by atoms with Gasteiger partial charge in [0.2, 0.25) is 0 Å². The number of alkyl halides is 3. The van der Waals surface area contributed by atoms with Gasteiger partial charge in [0, 0.05) is 11.4 Å². The number of ether oxygens (including phenoxy) is 1. The van der Waals surface area contributed by atoms with Crippen molar-refractivity contribution in [2.45, 2.75) is 25.5 Å². The summed E-state index contributed by atoms with van der Waals surface area (Å²) in [4.78, 5) is 25.1. The Kier molecular flexibility index (Phi) is 6.71. The zero-order valence-electron chi connectivity index (χ0n) is 17.3. The van der Waals surface area contributed by atoms with Crippen LogP contribution in [0.3, 0.4) is 0 Å². The van der Waals surface area contributed by atoms with Crippen molar-refractivity contribution in [3.63, 3.8) is 0 Å². The van der Waals surface area contributed by atoms with E-state index in [1.54, 1.807) is 12.1 Å². The van der Waals surface area contributed by atoms with Gasteiger partial charge in [-0.25, -0.2) is 4.79 Å². The number of rotatable bonds is 5. The summed E-state index contributed by atoms with van der Waals surface area (Å²) in [7, 11) is 0. The van der Waals surface area contributed by atoms with Gasteiger partial charge >= 0.3 is 12.1 Å². The van der Waals surface area contributed by atoms with E-state index in [0.29, 0.717) is 11.1 Å². The predicted molar refractivity (Wildman–Crippen MR) is 110 cm³/mol. The number of esters is 1. The van der Waals surface area contributed by atoms with Gasteiger partial charge in [0.1, 0.15) is 0 Å². The monoisotopic (exact) mass is 460 g/mol. The molecule has 1 aliphatic heterocycles. The maximum Gasteiger partial charge on any atom is 0.416 e. The van der Waals surface area contributed by atoms with E-state index in [2.05, 4.69) is 5.32 Å². The highest BCUT2D eigenvalue weighted by atomic mass is 19.4. The zero-order valence-corrected chi connectivity index (χ0v) is 17.3. The number of anilines is 1. The predicted octanol–water partition coefficient (Wildman–Crippen LogP) is 2.31. The van der Waals surface area contributed by atoms with E-state index in [-0.39, 0.29) is 17.0 Å². The average molecular weight is 460 g/mol. The van der Waals surface area contributed by atoms with Gasteiger partial charge in [-0.1, -0.05) is 18.2 Å². The van der Waals surface area contributed by atoms with Crippen molar-refractivity contribution in [2.75, 3.05) is 11.5 Å². The minimum absolute atomic E-state index is 0.0270. The second kappa shape index (κ2) is 9.32. The molecule has 4 N–H and O–H groups in total. The number of hydrogen-bond acceptors (Lipinski definition) is 7. The highest BCUT2D eigenvalue weighted by Gasteiger charge is 2.38. The van der Waals surface area contributed by atoms with Gasteiger partial charge in [-0.2, -0.15) is 18.4 Å². The largest absolute Gasteiger partial charge is 0.452 e. The van der Waals surface area contributed by atoms with Crippen LogP contribution in [-0.2, 0) is 20.5 Å². The number of nitrogens with zero attached hydrogens (tertiary/aromatic N) is 2. The summed E-state index contributed by atoms with van der Waals surface area (Å²) in [5, 5.41) is 22.5. The number of aliphatic hydroxyl groups is 1. The summed E-state index contributed by atoms with van der Waals surface area (Å²) in [5.41, 5.74) is 4.96. The molecule has 3 rings (SSSR count). The lowest BCUT2D eigenvalue weighted by atomic mass is 9.93. The normalized spacial score (nSPS) is 18.6. The van der Waals surface area contributed by atoms with Gasteiger partial charge in [0.15, 0.2) is 13.0 Å². The first-order chi connectivity index (χ1) is 15.5. The smallest absolute Gasteiger partial charge is 0.416 e. The summed E-state index contributed by atoms with van der Waals surface area (Å²) in [6.07, 6.45) is -6.13. The van der Waals surface area contributed by atoms with Crippen LogP contribution in [-0.4, -0.2) is 29.9 Å². The Hall–Kier alpha value is -3.88. The van der Waals surface area contributed by atoms with Crippen LogP contribution >= 0.6 is 0 Å². The van der Waals surface area contributed by atoms with Crippen molar-refractivity contribution in [3.8, 4) is 6.07 Å². The first-order valence-corrected chi connectivity index (χ1v) is 9.59. The fraction of sp³-hybridized carbons (Fsp3) is 0.227. The number of nitrogens with two attached hydrogens (primary N) is 1. The SMILES string of the molecule is CC1=C(C(=O)OCC(N)=O)C(c2ccc(C#N)cc2)NC(O)N1c1cccc(C(F)(F)F)c1. The Labute approximate surface area is 186 Å². The number of carbonyl (C=O) groups excluding carboxylic acids is 2. The Balaban J connectivity index is 2.11. The lowest BCUT2D eigenvalue weighted by molar-refractivity contribution is -0.144. The number of benzene rings is 2. The quantitative estimate of drug-likeness (QED) is 0.584. The third kappa shape index (κ3) is 5.14. The van der Waals surface area contributed by atoms with E-state index in [1.165, 1.54) is 31.2 Å². The summed E-state index contributed by atoms with van der Waals surface area (Å²) in [5.74, 6) is -1.84. The molecular weight excluding hydrogens is 441 g/mol. The lowest BCUT2D eigenvalue weighted by Crippen LogP contribution is -2.52. The van der Waals surface area contributed by atoms with Crippen LogP contribution in [0, 0.1) is 11.3 Å². The topological polar surface area (TPSA) is 129 Å². The van der Waals surface area contributed by atoms with Crippen LogP contribution in [0.2, 0.25) is 0 Å². The molecule has 0 saturated heterocycles. The maximum absolute atomic E-state index is 13.2. The molecule has 2 aromatic carbocycles. The average Bonchev–Trinajstić information content (AvgIpc) is 2.77. The molecule has 1 heterocycles. The number of carbonyl (C=O) groups is 2. The Morgan fingerprint density at radius 1 is 1.24 bits per heavy atom. The zero-order chi connectivity index (χ0) is 24.3. The maximum atomic E-state index is 13.2. The molecular formula is C22H19F3N4O4. The van der Waals surface area contributed by atoms with Gasteiger partial charge in [-0.05, 0) is 42.8 Å². The molecule has 2 unspecified atom stereocenters. The van der Waals surface area contributed by atoms with Gasteiger partial charge in [0.25, 0.3) is 5.91 Å². The molecule has 0 radical (unpaired) electrons. The second-order valence-corrected chi connectivity index (χ2v) is 7.17. The van der Waals surface area contributed by atoms with E-state index in [1.807, 2.05) is 6.07 Å². The Morgan fingerprint density at radius 2 is 1.91 bits per heavy atom. The standard InChI is InChI=1S/C22H19F3N4O4/c1-12-18(20(31)33-11-17(27)30)19(14-7-5-13(10-26)6-8-14)28-21(32)29(12)16-4-2-3-15(9-16)22(23,24)25/h2-9,19,21,28,32H,11H2,1H3,(H2,27,30). The number of nitrogens with one attached hydrogen (secondary N) is 1. The molecule has 0 fully saturated rings. The second-order valence-electron chi connectivity index (χ2n) is 7.17. The Bertz CT molecular complexity index is 1140. The van der Waals surface area contributed by atoms with Crippen LogP contribution in [0.25, 0.3) is 0 Å². The molecule has 2 atom stereocenters. The number of primary amides is 1. The minimum atomic E-state index is -4.62. The number of nitriles is 1. The molecule has 0 aliphatic carbocycles. The Morgan fingerprint density at radius 3 is 2.48 bits per heavy atom. The van der Waals surface area contributed by atoms with Crippen LogP contribution in [0.5, 0.6) is 0 Å². The lowest BCUT2D eigenvalue weighted by Gasteiger charge is -2.40. The number of aliphatic hydroxyl groups excluding tert-OH is 1. The molecule has 8 nitrogen and oxygen atoms in total. The van der Waals surface area contributed by atoms with Crippen molar-refractivity contribution in [1.82, 2.24) is 5.32 Å². The molecule has 2 aromatic rings. The summed E-state index contributed by atoms with van der Waals surface area (Å²) in [6.45, 7) is 0.726. The fourth-order valence-electron chi connectivity index (χ4n) is 3.49. The van der Waals surface area contributed by atoms with Crippen LogP contribution in [0.15, 0.2) is 59.8 Å². The molecule has 0 aromatic heterocycles. The number of hydrogen-bond donors (Lipinski definition) is 3. The molecule has 172 valence electrons. The highest BCUT2D eigenvalue weighted by Crippen LogP contribution is 2.37. The van der Waals surface area contributed by atoms with E-state index >= 15 is 0 Å². The van der Waals surface area contributed by atoms with Crippen LogP contribution in [0.4, 0.5) is 18.9 Å². The van der Waals surface area contributed by atoms with E-state index < -0.39 is 42.6 Å². The van der Waals surface area contributed by atoms with Gasteiger partial charge in [0.05, 0.1) is 28.8 Å². The summed E-state index contributed by atoms with van der Waals surface area (Å²) >= 11 is 0. The van der Waals surface area contributed by atoms with Crippen molar-refractivity contribution in [2.24, 2.45) is 5.73 Å². The molecule has 1 aliphatic rings. The number of allylic oxidation sites excluding steroid dienone is 1. The van der Waals surface area contributed by atoms with Crippen LogP contribution < -0.4 is 16.0 Å². The van der Waals surface area contributed by atoms with E-state index in [0.717, 1.165) is 17.0 Å². The van der Waals surface area contributed by atoms with Crippen molar-refractivity contribution >= 4 is 17.6 Å². The molecule has 11 heteroatoms. The van der Waals surface area contributed by atoms with Crippen molar-refractivity contribution in [3.05, 3.63) is 76.5 Å². The van der Waals surface area contributed by atoms with Gasteiger partial charge < -0.3 is 20.5 Å². The number of amides is 1. The highest BCUT2D eigenvalue weighted by molar-refractivity contribution is 5.93. The van der Waals surface area contributed by atoms with Crippen LogP contribution in [0.1, 0.15) is 29.7 Å². The third-order valence-corrected chi connectivity index (χ3v) is 4.99. The summed E-state index contributed by atoms with van der Waals surface area (Å²) < 4.78 is 44.6. The van der Waals surface area contributed by atoms with E-state index in [9.17, 15) is 27.9 Å². The minimum Gasteiger partial charge on any atom is -0.452 e. The molecule has 0 bridgehead atoms. The van der Waals surface area contributed by atoms with Crippen molar-refractivity contribution < 1.29 is 32.6 Å². The fourth-order valence-corrected chi connectivity index (χ4v) is 3.49. The van der Waals surface area contributed by atoms with Gasteiger partial charge in [-0.15, -0.1) is 0 Å². The first-order valence-electron chi connectivity index (χ1n) is 9.59. The first kappa shape index (κ1) is 23.8. The summed E-state index contributed by atoms with van der Waals surface area (Å²) in [6, 6.07) is 11.4. The molecule has 33 heavy (non-hydrogen) atoms. The number of halogens is 3. The molecule has 0 saturated carbocycles. The van der Waals surface area contributed by atoms with Crippen molar-refractivity contribution in [1.29, 1.82) is 5.26 Å². The van der Waals surface area contributed by atoms with E-state index in [4.69, 9.17) is 15.7 Å². The molecule has 0 spiro atoms. The van der Waals surface area contributed by atoms with Gasteiger partial charge in [-0.3, -0.25) is 10.1 Å². The third-order valence-electron chi connectivity index (χ3n) is 4.99.